The van der Waals surface area contributed by atoms with Gasteiger partial charge in [0.15, 0.2) is 9.84 Å². The molecule has 1 aromatic heterocycles. The van der Waals surface area contributed by atoms with Gasteiger partial charge in [0.25, 0.3) is 0 Å². The van der Waals surface area contributed by atoms with Gasteiger partial charge >= 0.3 is 0 Å². The lowest BCUT2D eigenvalue weighted by Gasteiger charge is -2.09. The maximum absolute atomic E-state index is 11.5. The summed E-state index contributed by atoms with van der Waals surface area (Å²) in [7, 11) is -3.18. The second-order valence-electron chi connectivity index (χ2n) is 5.49. The van der Waals surface area contributed by atoms with Gasteiger partial charge in [0.2, 0.25) is 0 Å². The van der Waals surface area contributed by atoms with Gasteiger partial charge < -0.3 is 4.74 Å². The largest absolute Gasteiger partial charge is 0.377 e. The first-order valence-electron chi connectivity index (χ1n) is 7.39. The first-order chi connectivity index (χ1) is 11.0. The molecule has 23 heavy (non-hydrogen) atoms. The second kappa shape index (κ2) is 6.98. The van der Waals surface area contributed by atoms with Crippen LogP contribution in [0.25, 0.3) is 11.3 Å². The van der Waals surface area contributed by atoms with Gasteiger partial charge in [0.1, 0.15) is 5.03 Å². The lowest BCUT2D eigenvalue weighted by molar-refractivity contribution is 0.129. The lowest BCUT2D eigenvalue weighted by Crippen LogP contribution is -2.08. The molecule has 122 valence electrons. The Balaban J connectivity index is 1.73. The highest BCUT2D eigenvalue weighted by Gasteiger charge is 2.16. The van der Waals surface area contributed by atoms with E-state index in [1.807, 2.05) is 0 Å². The smallest absolute Gasteiger partial charge is 0.175 e. The maximum Gasteiger partial charge on any atom is 0.175 e. The number of thioether (sulfide) groups is 1. The van der Waals surface area contributed by atoms with E-state index < -0.39 is 9.84 Å². The summed E-state index contributed by atoms with van der Waals surface area (Å²) in [6.07, 6.45) is 7.17. The zero-order valence-corrected chi connectivity index (χ0v) is 14.4. The third kappa shape index (κ3) is 4.31. The normalized spacial score (nSPS) is 18.2. The van der Waals surface area contributed by atoms with Crippen LogP contribution >= 0.6 is 11.8 Å². The van der Waals surface area contributed by atoms with E-state index in [-0.39, 0.29) is 0 Å². The number of hydrogen-bond donors (Lipinski definition) is 0. The first-order valence-corrected chi connectivity index (χ1v) is 10.3. The van der Waals surface area contributed by atoms with Crippen LogP contribution in [0, 0.1) is 0 Å². The molecule has 1 atom stereocenters. The molecule has 0 saturated carbocycles. The number of sulfone groups is 1. The molecule has 0 N–H and O–H groups in total. The molecule has 0 spiro atoms. The summed E-state index contributed by atoms with van der Waals surface area (Å²) in [5.74, 6) is 0.880. The van der Waals surface area contributed by atoms with Gasteiger partial charge in [-0.1, -0.05) is 12.1 Å². The number of hydrogen-bond acceptors (Lipinski definition) is 6. The highest BCUT2D eigenvalue weighted by atomic mass is 32.2. The Kier molecular flexibility index (Phi) is 4.99. The van der Waals surface area contributed by atoms with Gasteiger partial charge in [0.05, 0.1) is 29.1 Å². The Morgan fingerprint density at radius 3 is 2.70 bits per heavy atom. The third-order valence-corrected chi connectivity index (χ3v) is 5.79. The van der Waals surface area contributed by atoms with Gasteiger partial charge in [-0.05, 0) is 25.0 Å². The molecule has 5 nitrogen and oxygen atoms in total. The Labute approximate surface area is 140 Å². The van der Waals surface area contributed by atoms with Crippen molar-refractivity contribution >= 4 is 21.6 Å². The number of nitrogens with zero attached hydrogens (tertiary/aromatic N) is 2. The minimum absolute atomic E-state index is 0.304. The number of benzene rings is 1. The van der Waals surface area contributed by atoms with E-state index in [4.69, 9.17) is 4.74 Å². The van der Waals surface area contributed by atoms with Crippen LogP contribution in [0.1, 0.15) is 12.8 Å². The average Bonchev–Trinajstić information content (AvgIpc) is 3.06. The Hall–Kier alpha value is -1.44. The Bertz CT molecular complexity index is 770. The van der Waals surface area contributed by atoms with Crippen LogP contribution < -0.4 is 0 Å². The van der Waals surface area contributed by atoms with Crippen LogP contribution in [-0.2, 0) is 14.6 Å². The predicted octanol–water partition coefficient (Wildman–Crippen LogP) is 2.82. The van der Waals surface area contributed by atoms with Crippen molar-refractivity contribution in [3.8, 4) is 11.3 Å². The molecule has 1 aliphatic rings. The minimum Gasteiger partial charge on any atom is -0.377 e. The molecule has 0 bridgehead atoms. The van der Waals surface area contributed by atoms with Crippen molar-refractivity contribution in [3.63, 3.8) is 0 Å². The van der Waals surface area contributed by atoms with Crippen molar-refractivity contribution < 1.29 is 13.2 Å². The molecule has 7 heteroatoms. The fourth-order valence-electron chi connectivity index (χ4n) is 2.38. The zero-order valence-electron chi connectivity index (χ0n) is 12.8. The van der Waals surface area contributed by atoms with E-state index in [0.717, 1.165) is 41.5 Å². The van der Waals surface area contributed by atoms with Gasteiger partial charge in [-0.15, -0.1) is 11.8 Å². The topological polar surface area (TPSA) is 69.2 Å². The van der Waals surface area contributed by atoms with Gasteiger partial charge in [0, 0.05) is 24.2 Å². The molecular formula is C16H18N2O3S2. The van der Waals surface area contributed by atoms with Crippen molar-refractivity contribution in [3.05, 3.63) is 36.7 Å². The number of rotatable bonds is 5. The van der Waals surface area contributed by atoms with E-state index in [1.165, 1.54) is 6.26 Å². The fourth-order valence-corrected chi connectivity index (χ4v) is 3.93. The third-order valence-electron chi connectivity index (χ3n) is 3.63. The van der Waals surface area contributed by atoms with Gasteiger partial charge in [-0.2, -0.15) is 0 Å². The van der Waals surface area contributed by atoms with E-state index in [1.54, 1.807) is 48.4 Å². The first kappa shape index (κ1) is 16.4. The Morgan fingerprint density at radius 1 is 1.26 bits per heavy atom. The molecule has 0 unspecified atom stereocenters. The quantitative estimate of drug-likeness (QED) is 0.773. The summed E-state index contributed by atoms with van der Waals surface area (Å²) in [6, 6.07) is 6.71. The van der Waals surface area contributed by atoms with Crippen molar-refractivity contribution in [2.24, 2.45) is 0 Å². The van der Waals surface area contributed by atoms with Crippen LogP contribution in [0.3, 0.4) is 0 Å². The molecule has 3 rings (SSSR count). The van der Waals surface area contributed by atoms with Crippen LogP contribution in [-0.4, -0.2) is 43.1 Å². The van der Waals surface area contributed by atoms with Crippen LogP contribution in [0.15, 0.2) is 46.6 Å². The molecule has 1 fully saturated rings. The summed E-state index contributed by atoms with van der Waals surface area (Å²) in [6.45, 7) is 0.851. The molecule has 2 aromatic rings. The van der Waals surface area contributed by atoms with Crippen LogP contribution in [0.4, 0.5) is 0 Å². The predicted molar refractivity (Wildman–Crippen MR) is 90.3 cm³/mol. The van der Waals surface area contributed by atoms with Crippen molar-refractivity contribution in [1.82, 2.24) is 9.97 Å². The molecule has 0 amide bonds. The SMILES string of the molecule is CS(=O)(=O)c1ccc(-c2cncc(SC[C@@H]3CCCO3)n2)cc1. The van der Waals surface area contributed by atoms with E-state index >= 15 is 0 Å². The van der Waals surface area contributed by atoms with E-state index in [0.29, 0.717) is 11.0 Å². The highest BCUT2D eigenvalue weighted by Crippen LogP contribution is 2.25. The molecule has 2 heterocycles. The zero-order chi connectivity index (χ0) is 16.3. The molecule has 0 aliphatic carbocycles. The van der Waals surface area contributed by atoms with E-state index in [9.17, 15) is 8.42 Å². The van der Waals surface area contributed by atoms with E-state index in [2.05, 4.69) is 9.97 Å². The van der Waals surface area contributed by atoms with Crippen molar-refractivity contribution in [2.75, 3.05) is 18.6 Å². The average molecular weight is 350 g/mol. The van der Waals surface area contributed by atoms with Gasteiger partial charge in [-0.25, -0.2) is 13.4 Å². The molecule has 1 saturated heterocycles. The van der Waals surface area contributed by atoms with Gasteiger partial charge in [-0.3, -0.25) is 4.98 Å². The standard InChI is InChI=1S/C16H18N2O3S2/c1-23(19,20)14-6-4-12(5-7-14)15-9-17-10-16(18-15)22-11-13-3-2-8-21-13/h4-7,9-10,13H,2-3,8,11H2,1H3/t13-/m0/s1. The summed E-state index contributed by atoms with van der Waals surface area (Å²) in [4.78, 5) is 9.13. The van der Waals surface area contributed by atoms with Crippen LogP contribution in [0.5, 0.6) is 0 Å². The second-order valence-corrected chi connectivity index (χ2v) is 8.54. The summed E-state index contributed by atoms with van der Waals surface area (Å²) >= 11 is 1.64. The Morgan fingerprint density at radius 2 is 2.04 bits per heavy atom. The highest BCUT2D eigenvalue weighted by molar-refractivity contribution is 7.99. The van der Waals surface area contributed by atoms with Crippen molar-refractivity contribution in [1.29, 1.82) is 0 Å². The molecule has 1 aromatic carbocycles. The lowest BCUT2D eigenvalue weighted by atomic mass is 10.2. The number of aromatic nitrogens is 2. The van der Waals surface area contributed by atoms with Crippen LogP contribution in [0.2, 0.25) is 0 Å². The van der Waals surface area contributed by atoms with Crippen molar-refractivity contribution in [2.45, 2.75) is 28.9 Å². The molecular weight excluding hydrogens is 332 g/mol. The minimum atomic E-state index is -3.18. The molecule has 1 aliphatic heterocycles. The monoisotopic (exact) mass is 350 g/mol. The summed E-state index contributed by atoms with van der Waals surface area (Å²) < 4.78 is 28.6. The summed E-state index contributed by atoms with van der Waals surface area (Å²) in [5, 5.41) is 0.852. The fraction of sp³-hybridized carbons (Fsp3) is 0.375. The summed E-state index contributed by atoms with van der Waals surface area (Å²) in [5.41, 5.74) is 1.59. The molecule has 0 radical (unpaired) electrons. The number of ether oxygens (including phenoxy) is 1. The maximum atomic E-state index is 11.5.